The van der Waals surface area contributed by atoms with Gasteiger partial charge in [-0.15, -0.1) is 10.2 Å². The standard InChI is InChI=1S/C13H22N4OS/c1-5-7-17-10(4)14-15-13(17)19-11-6-8-16(9(2)3)12(11)18/h9,11H,5-8H2,1-4H3. The normalized spacial score (nSPS) is 19.7. The maximum Gasteiger partial charge on any atom is 0.236 e. The molecular formula is C13H22N4OS. The quantitative estimate of drug-likeness (QED) is 0.830. The van der Waals surface area contributed by atoms with Gasteiger partial charge in [0.1, 0.15) is 5.82 Å². The smallest absolute Gasteiger partial charge is 0.236 e. The van der Waals surface area contributed by atoms with Crippen LogP contribution < -0.4 is 0 Å². The molecule has 0 saturated carbocycles. The first kappa shape index (κ1) is 14.4. The average molecular weight is 282 g/mol. The molecule has 5 nitrogen and oxygen atoms in total. The third-order valence-corrected chi connectivity index (χ3v) is 4.65. The fourth-order valence-electron chi connectivity index (χ4n) is 2.35. The van der Waals surface area contributed by atoms with Crippen molar-refractivity contribution in [2.24, 2.45) is 0 Å². The van der Waals surface area contributed by atoms with Crippen LogP contribution in [-0.4, -0.2) is 43.4 Å². The minimum absolute atomic E-state index is 0.00149. The van der Waals surface area contributed by atoms with Gasteiger partial charge in [0.25, 0.3) is 0 Å². The molecule has 106 valence electrons. The molecule has 0 aliphatic carbocycles. The molecule has 0 N–H and O–H groups in total. The van der Waals surface area contributed by atoms with Crippen molar-refractivity contribution in [1.82, 2.24) is 19.7 Å². The van der Waals surface area contributed by atoms with E-state index >= 15 is 0 Å². The van der Waals surface area contributed by atoms with Crippen molar-refractivity contribution in [3.05, 3.63) is 5.82 Å². The van der Waals surface area contributed by atoms with Gasteiger partial charge < -0.3 is 9.47 Å². The predicted octanol–water partition coefficient (Wildman–Crippen LogP) is 2.10. The monoisotopic (exact) mass is 282 g/mol. The Kier molecular flexibility index (Phi) is 4.50. The molecule has 1 aromatic heterocycles. The zero-order valence-electron chi connectivity index (χ0n) is 12.1. The van der Waals surface area contributed by atoms with Gasteiger partial charge in [0.2, 0.25) is 5.91 Å². The van der Waals surface area contributed by atoms with Crippen molar-refractivity contribution >= 4 is 17.7 Å². The number of hydrogen-bond donors (Lipinski definition) is 0. The summed E-state index contributed by atoms with van der Waals surface area (Å²) in [4.78, 5) is 14.2. The van der Waals surface area contributed by atoms with Crippen LogP contribution in [0.15, 0.2) is 5.16 Å². The fraction of sp³-hybridized carbons (Fsp3) is 0.769. The Morgan fingerprint density at radius 1 is 1.42 bits per heavy atom. The Morgan fingerprint density at radius 3 is 2.74 bits per heavy atom. The minimum atomic E-state index is 0.00149. The highest BCUT2D eigenvalue weighted by molar-refractivity contribution is 8.00. The summed E-state index contributed by atoms with van der Waals surface area (Å²) in [7, 11) is 0. The van der Waals surface area contributed by atoms with E-state index in [1.165, 1.54) is 0 Å². The number of likely N-dealkylation sites (tertiary alicyclic amines) is 1. The molecule has 2 heterocycles. The maximum absolute atomic E-state index is 12.3. The summed E-state index contributed by atoms with van der Waals surface area (Å²) in [5.41, 5.74) is 0. The molecule has 1 aromatic rings. The zero-order valence-corrected chi connectivity index (χ0v) is 12.9. The Morgan fingerprint density at radius 2 is 2.16 bits per heavy atom. The molecule has 1 aliphatic heterocycles. The molecule has 1 saturated heterocycles. The first-order valence-corrected chi connectivity index (χ1v) is 7.79. The molecule has 0 aromatic carbocycles. The largest absolute Gasteiger partial charge is 0.339 e. The topological polar surface area (TPSA) is 51.0 Å². The predicted molar refractivity (Wildman–Crippen MR) is 76.2 cm³/mol. The molecular weight excluding hydrogens is 260 g/mol. The number of rotatable bonds is 5. The van der Waals surface area contributed by atoms with E-state index in [4.69, 9.17) is 0 Å². The lowest BCUT2D eigenvalue weighted by Gasteiger charge is -2.20. The van der Waals surface area contributed by atoms with E-state index in [-0.39, 0.29) is 17.2 Å². The maximum atomic E-state index is 12.3. The molecule has 1 amide bonds. The summed E-state index contributed by atoms with van der Waals surface area (Å²) in [5, 5.41) is 9.21. The number of thioether (sulfide) groups is 1. The van der Waals surface area contributed by atoms with Gasteiger partial charge in [-0.3, -0.25) is 4.79 Å². The van der Waals surface area contributed by atoms with Gasteiger partial charge in [-0.25, -0.2) is 0 Å². The van der Waals surface area contributed by atoms with Gasteiger partial charge >= 0.3 is 0 Å². The molecule has 2 rings (SSSR count). The van der Waals surface area contributed by atoms with Crippen LogP contribution in [0.5, 0.6) is 0 Å². The summed E-state index contributed by atoms with van der Waals surface area (Å²) >= 11 is 1.57. The summed E-state index contributed by atoms with van der Waals surface area (Å²) in [5.74, 6) is 1.17. The molecule has 0 radical (unpaired) electrons. The Bertz CT molecular complexity index is 457. The number of aromatic nitrogens is 3. The van der Waals surface area contributed by atoms with Crippen LogP contribution in [0.2, 0.25) is 0 Å². The number of carbonyl (C=O) groups is 1. The average Bonchev–Trinajstić information content (AvgIpc) is 2.88. The Balaban J connectivity index is 2.08. The summed E-state index contributed by atoms with van der Waals surface area (Å²) in [6, 6.07) is 0.286. The van der Waals surface area contributed by atoms with Gasteiger partial charge in [0, 0.05) is 19.1 Å². The highest BCUT2D eigenvalue weighted by Crippen LogP contribution is 2.30. The van der Waals surface area contributed by atoms with Crippen LogP contribution in [0.3, 0.4) is 0 Å². The molecule has 0 bridgehead atoms. The van der Waals surface area contributed by atoms with Crippen molar-refractivity contribution in [2.45, 2.75) is 63.5 Å². The van der Waals surface area contributed by atoms with Gasteiger partial charge in [0.15, 0.2) is 5.16 Å². The third-order valence-electron chi connectivity index (χ3n) is 3.41. The van der Waals surface area contributed by atoms with Crippen LogP contribution in [0.1, 0.15) is 39.4 Å². The van der Waals surface area contributed by atoms with Crippen LogP contribution >= 0.6 is 11.8 Å². The van der Waals surface area contributed by atoms with Crippen molar-refractivity contribution in [3.8, 4) is 0 Å². The fourth-order valence-corrected chi connectivity index (χ4v) is 3.51. The molecule has 0 spiro atoms. The van der Waals surface area contributed by atoms with E-state index < -0.39 is 0 Å². The summed E-state index contributed by atoms with van der Waals surface area (Å²) in [6.07, 6.45) is 1.95. The second-order valence-electron chi connectivity index (χ2n) is 5.20. The number of amides is 1. The number of carbonyl (C=O) groups excluding carboxylic acids is 1. The lowest BCUT2D eigenvalue weighted by Crippen LogP contribution is -2.34. The van der Waals surface area contributed by atoms with Crippen molar-refractivity contribution < 1.29 is 4.79 Å². The molecule has 6 heteroatoms. The summed E-state index contributed by atoms with van der Waals surface area (Å²) in [6.45, 7) is 9.99. The molecule has 1 unspecified atom stereocenters. The highest BCUT2D eigenvalue weighted by Gasteiger charge is 2.34. The van der Waals surface area contributed by atoms with E-state index in [1.807, 2.05) is 11.8 Å². The van der Waals surface area contributed by atoms with Crippen LogP contribution in [0.4, 0.5) is 0 Å². The van der Waals surface area contributed by atoms with Gasteiger partial charge in [-0.1, -0.05) is 18.7 Å². The number of aryl methyl sites for hydroxylation is 1. The van der Waals surface area contributed by atoms with E-state index in [2.05, 4.69) is 35.5 Å². The molecule has 1 fully saturated rings. The van der Waals surface area contributed by atoms with Gasteiger partial charge in [-0.05, 0) is 33.6 Å². The minimum Gasteiger partial charge on any atom is -0.339 e. The van der Waals surface area contributed by atoms with Crippen LogP contribution in [0.25, 0.3) is 0 Å². The first-order valence-electron chi connectivity index (χ1n) is 6.91. The van der Waals surface area contributed by atoms with Gasteiger partial charge in [0.05, 0.1) is 5.25 Å². The van der Waals surface area contributed by atoms with E-state index in [0.29, 0.717) is 0 Å². The molecule has 1 aliphatic rings. The van der Waals surface area contributed by atoms with Crippen molar-refractivity contribution in [3.63, 3.8) is 0 Å². The van der Waals surface area contributed by atoms with Gasteiger partial charge in [-0.2, -0.15) is 0 Å². The van der Waals surface area contributed by atoms with E-state index in [1.54, 1.807) is 11.8 Å². The molecule has 1 atom stereocenters. The van der Waals surface area contributed by atoms with Crippen LogP contribution in [0, 0.1) is 6.92 Å². The SMILES string of the molecule is CCCn1c(C)nnc1SC1CCN(C(C)C)C1=O. The summed E-state index contributed by atoms with van der Waals surface area (Å²) < 4.78 is 2.11. The second kappa shape index (κ2) is 5.94. The van der Waals surface area contributed by atoms with E-state index in [9.17, 15) is 4.79 Å². The van der Waals surface area contributed by atoms with Crippen LogP contribution in [-0.2, 0) is 11.3 Å². The lowest BCUT2D eigenvalue weighted by atomic mass is 10.3. The number of nitrogens with zero attached hydrogens (tertiary/aromatic N) is 4. The lowest BCUT2D eigenvalue weighted by molar-refractivity contribution is -0.128. The Hall–Kier alpha value is -1.04. The molecule has 19 heavy (non-hydrogen) atoms. The van der Waals surface area contributed by atoms with E-state index in [0.717, 1.165) is 36.9 Å². The van der Waals surface area contributed by atoms with Crippen molar-refractivity contribution in [2.75, 3.05) is 6.54 Å². The zero-order chi connectivity index (χ0) is 14.0. The second-order valence-corrected chi connectivity index (χ2v) is 6.37. The highest BCUT2D eigenvalue weighted by atomic mass is 32.2. The first-order chi connectivity index (χ1) is 9.04. The Labute approximate surface area is 118 Å². The number of hydrogen-bond acceptors (Lipinski definition) is 4. The van der Waals surface area contributed by atoms with Crippen molar-refractivity contribution in [1.29, 1.82) is 0 Å². The third kappa shape index (κ3) is 2.94.